The van der Waals surface area contributed by atoms with Gasteiger partial charge in [-0.15, -0.1) is 0 Å². The molecule has 0 bridgehead atoms. The molecular formula is C13H16N2O3. The molecule has 2 atom stereocenters. The third-order valence-corrected chi connectivity index (χ3v) is 3.16. The quantitative estimate of drug-likeness (QED) is 0.803. The molecule has 1 aromatic carbocycles. The molecule has 1 aliphatic rings. The summed E-state index contributed by atoms with van der Waals surface area (Å²) < 4.78 is 0. The minimum atomic E-state index is -0.882. The molecule has 0 fully saturated rings. The summed E-state index contributed by atoms with van der Waals surface area (Å²) in [7, 11) is 0. The zero-order chi connectivity index (χ0) is 13.3. The maximum atomic E-state index is 12.0. The molecule has 0 aromatic heterocycles. The van der Waals surface area contributed by atoms with Crippen LogP contribution in [0.1, 0.15) is 12.5 Å². The fourth-order valence-electron chi connectivity index (χ4n) is 2.22. The van der Waals surface area contributed by atoms with E-state index >= 15 is 0 Å². The van der Waals surface area contributed by atoms with Crippen LogP contribution >= 0.6 is 0 Å². The van der Waals surface area contributed by atoms with Crippen molar-refractivity contribution < 1.29 is 14.7 Å². The highest BCUT2D eigenvalue weighted by atomic mass is 16.4. The summed E-state index contributed by atoms with van der Waals surface area (Å²) in [6.45, 7) is 1.79. The summed E-state index contributed by atoms with van der Waals surface area (Å²) in [5, 5.41) is 9.13. The highest BCUT2D eigenvalue weighted by Gasteiger charge is 2.32. The van der Waals surface area contributed by atoms with E-state index in [1.54, 1.807) is 6.92 Å². The number of benzene rings is 1. The monoisotopic (exact) mass is 248 g/mol. The first kappa shape index (κ1) is 12.6. The van der Waals surface area contributed by atoms with Gasteiger partial charge in [0.1, 0.15) is 0 Å². The fourth-order valence-corrected chi connectivity index (χ4v) is 2.22. The Morgan fingerprint density at radius 3 is 2.72 bits per heavy atom. The first-order valence-electron chi connectivity index (χ1n) is 5.88. The Hall–Kier alpha value is -1.88. The van der Waals surface area contributed by atoms with Crippen LogP contribution in [0.3, 0.4) is 0 Å². The predicted octanol–water partition coefficient (Wildman–Crippen LogP) is 0.624. The number of anilines is 1. The van der Waals surface area contributed by atoms with Crippen LogP contribution in [0.4, 0.5) is 5.69 Å². The zero-order valence-electron chi connectivity index (χ0n) is 10.2. The van der Waals surface area contributed by atoms with Crippen molar-refractivity contribution in [2.45, 2.75) is 19.4 Å². The first-order valence-corrected chi connectivity index (χ1v) is 5.88. The number of carboxylic acids is 1. The molecule has 18 heavy (non-hydrogen) atoms. The number of para-hydroxylation sites is 1. The molecular weight excluding hydrogens is 232 g/mol. The van der Waals surface area contributed by atoms with E-state index < -0.39 is 17.9 Å². The highest BCUT2D eigenvalue weighted by molar-refractivity contribution is 5.98. The lowest BCUT2D eigenvalue weighted by molar-refractivity contribution is -0.141. The van der Waals surface area contributed by atoms with E-state index in [1.165, 1.54) is 4.90 Å². The Morgan fingerprint density at radius 1 is 1.44 bits per heavy atom. The van der Waals surface area contributed by atoms with Gasteiger partial charge in [-0.1, -0.05) is 18.2 Å². The van der Waals surface area contributed by atoms with Crippen LogP contribution in [0.25, 0.3) is 0 Å². The molecule has 1 aromatic rings. The smallest absolute Gasteiger partial charge is 0.308 e. The second-order valence-corrected chi connectivity index (χ2v) is 4.61. The molecule has 0 radical (unpaired) electrons. The lowest BCUT2D eigenvalue weighted by atomic mass is 9.92. The zero-order valence-corrected chi connectivity index (χ0v) is 10.2. The van der Waals surface area contributed by atoms with Crippen molar-refractivity contribution in [2.24, 2.45) is 11.7 Å². The molecule has 5 heteroatoms. The third-order valence-electron chi connectivity index (χ3n) is 3.16. The van der Waals surface area contributed by atoms with Crippen molar-refractivity contribution in [3.05, 3.63) is 29.8 Å². The van der Waals surface area contributed by atoms with Crippen LogP contribution in [-0.2, 0) is 16.0 Å². The van der Waals surface area contributed by atoms with Crippen molar-refractivity contribution in [2.75, 3.05) is 11.4 Å². The number of amides is 1. The number of hydrogen-bond acceptors (Lipinski definition) is 3. The predicted molar refractivity (Wildman–Crippen MR) is 67.3 cm³/mol. The van der Waals surface area contributed by atoms with Crippen LogP contribution in [0.2, 0.25) is 0 Å². The standard InChI is InChI=1S/C13H16N2O3/c1-8(14)12(16)15-7-10(13(17)18)6-9-4-2-3-5-11(9)15/h2-5,8,10H,6-7,14H2,1H3,(H,17,18). The second kappa shape index (κ2) is 4.78. The van der Waals surface area contributed by atoms with Crippen molar-refractivity contribution in [1.82, 2.24) is 0 Å². The average Bonchev–Trinajstić information content (AvgIpc) is 2.36. The number of nitrogens with two attached hydrogens (primary N) is 1. The Kier molecular flexibility index (Phi) is 3.34. The third kappa shape index (κ3) is 2.22. The maximum absolute atomic E-state index is 12.0. The SMILES string of the molecule is CC(N)C(=O)N1CC(C(=O)O)Cc2ccccc21. The van der Waals surface area contributed by atoms with Gasteiger partial charge in [-0.2, -0.15) is 0 Å². The van der Waals surface area contributed by atoms with Crippen molar-refractivity contribution in [3.8, 4) is 0 Å². The van der Waals surface area contributed by atoms with Gasteiger partial charge in [-0.25, -0.2) is 0 Å². The summed E-state index contributed by atoms with van der Waals surface area (Å²) in [5.74, 6) is -1.69. The lowest BCUT2D eigenvalue weighted by Crippen LogP contribution is -2.48. The summed E-state index contributed by atoms with van der Waals surface area (Å²) in [6, 6.07) is 6.73. The number of rotatable bonds is 2. The number of carbonyl (C=O) groups is 2. The van der Waals surface area contributed by atoms with Crippen LogP contribution < -0.4 is 10.6 Å². The molecule has 0 spiro atoms. The molecule has 2 unspecified atom stereocenters. The van der Waals surface area contributed by atoms with Gasteiger partial charge in [-0.3, -0.25) is 9.59 Å². The summed E-state index contributed by atoms with van der Waals surface area (Å²) in [6.07, 6.45) is 0.453. The number of aliphatic carboxylic acids is 1. The average molecular weight is 248 g/mol. The van der Waals surface area contributed by atoms with E-state index in [0.717, 1.165) is 11.3 Å². The minimum absolute atomic E-state index is 0.187. The van der Waals surface area contributed by atoms with Crippen LogP contribution in [0, 0.1) is 5.92 Å². The number of hydrogen-bond donors (Lipinski definition) is 2. The van der Waals surface area contributed by atoms with Crippen LogP contribution in [0.5, 0.6) is 0 Å². The molecule has 1 aliphatic heterocycles. The molecule has 1 amide bonds. The maximum Gasteiger partial charge on any atom is 0.308 e. The molecule has 3 N–H and O–H groups in total. The normalized spacial score (nSPS) is 20.1. The Balaban J connectivity index is 2.39. The van der Waals surface area contributed by atoms with E-state index in [0.29, 0.717) is 6.42 Å². The molecule has 0 aliphatic carbocycles. The fraction of sp³-hybridized carbons (Fsp3) is 0.385. The van der Waals surface area contributed by atoms with Crippen molar-refractivity contribution >= 4 is 17.6 Å². The van der Waals surface area contributed by atoms with Gasteiger partial charge in [0.05, 0.1) is 12.0 Å². The van der Waals surface area contributed by atoms with Gasteiger partial charge in [0.15, 0.2) is 0 Å². The Morgan fingerprint density at radius 2 is 2.11 bits per heavy atom. The van der Waals surface area contributed by atoms with E-state index in [-0.39, 0.29) is 12.5 Å². The molecule has 96 valence electrons. The van der Waals surface area contributed by atoms with E-state index in [4.69, 9.17) is 10.8 Å². The van der Waals surface area contributed by atoms with Crippen LogP contribution in [0.15, 0.2) is 24.3 Å². The topological polar surface area (TPSA) is 83.6 Å². The van der Waals surface area contributed by atoms with E-state index in [1.807, 2.05) is 24.3 Å². The van der Waals surface area contributed by atoms with Gasteiger partial charge >= 0.3 is 5.97 Å². The number of fused-ring (bicyclic) bond motifs is 1. The first-order chi connectivity index (χ1) is 8.50. The molecule has 5 nitrogen and oxygen atoms in total. The van der Waals surface area contributed by atoms with Gasteiger partial charge in [-0.05, 0) is 25.0 Å². The van der Waals surface area contributed by atoms with Gasteiger partial charge < -0.3 is 15.7 Å². The van der Waals surface area contributed by atoms with Gasteiger partial charge in [0, 0.05) is 12.2 Å². The second-order valence-electron chi connectivity index (χ2n) is 4.61. The Bertz CT molecular complexity index is 485. The van der Waals surface area contributed by atoms with Gasteiger partial charge in [0.25, 0.3) is 0 Å². The highest BCUT2D eigenvalue weighted by Crippen LogP contribution is 2.30. The van der Waals surface area contributed by atoms with E-state index in [2.05, 4.69) is 0 Å². The molecule has 2 rings (SSSR count). The minimum Gasteiger partial charge on any atom is -0.481 e. The van der Waals surface area contributed by atoms with Crippen LogP contribution in [-0.4, -0.2) is 29.6 Å². The molecule has 0 saturated heterocycles. The summed E-state index contributed by atoms with van der Waals surface area (Å²) in [4.78, 5) is 24.7. The number of carboxylic acid groups (broad SMARTS) is 1. The van der Waals surface area contributed by atoms with E-state index in [9.17, 15) is 9.59 Å². The summed E-state index contributed by atoms with van der Waals surface area (Å²) in [5.41, 5.74) is 7.26. The van der Waals surface area contributed by atoms with Crippen molar-refractivity contribution in [1.29, 1.82) is 0 Å². The summed E-state index contributed by atoms with van der Waals surface area (Å²) >= 11 is 0. The number of carbonyl (C=O) groups excluding carboxylic acids is 1. The molecule has 1 heterocycles. The Labute approximate surface area is 105 Å². The lowest BCUT2D eigenvalue weighted by Gasteiger charge is -2.33. The van der Waals surface area contributed by atoms with Gasteiger partial charge in [0.2, 0.25) is 5.91 Å². The largest absolute Gasteiger partial charge is 0.481 e. The molecule has 0 saturated carbocycles. The number of nitrogens with zero attached hydrogens (tertiary/aromatic N) is 1. The van der Waals surface area contributed by atoms with Crippen molar-refractivity contribution in [3.63, 3.8) is 0 Å².